The van der Waals surface area contributed by atoms with Gasteiger partial charge in [0.2, 0.25) is 5.91 Å². The Hall–Kier alpha value is -1.49. The van der Waals surface area contributed by atoms with E-state index in [0.29, 0.717) is 37.5 Å². The Morgan fingerprint density at radius 1 is 1.00 bits per heavy atom. The third-order valence-electron chi connectivity index (χ3n) is 3.57. The lowest BCUT2D eigenvalue weighted by Crippen LogP contribution is -2.51. The van der Waals surface area contributed by atoms with E-state index in [1.165, 1.54) is 0 Å². The molecule has 1 aromatic carbocycles. The predicted octanol–water partition coefficient (Wildman–Crippen LogP) is 2.50. The normalized spacial score (nSPS) is 15.8. The first-order valence-electron chi connectivity index (χ1n) is 7.63. The third kappa shape index (κ3) is 4.77. The van der Waals surface area contributed by atoms with Gasteiger partial charge in [0.25, 0.3) is 5.91 Å². The van der Waals surface area contributed by atoms with Crippen LogP contribution in [0.15, 0.2) is 30.3 Å². The van der Waals surface area contributed by atoms with E-state index < -0.39 is 0 Å². The Kier molecular flexibility index (Phi) is 5.51. The van der Waals surface area contributed by atoms with Crippen LogP contribution in [0.5, 0.6) is 0 Å². The summed E-state index contributed by atoms with van der Waals surface area (Å²) in [6.07, 6.45) is 0. The molecule has 1 saturated heterocycles. The van der Waals surface area contributed by atoms with Crippen molar-refractivity contribution in [3.63, 3.8) is 0 Å². The SMILES string of the molecule is CC(C)(C)SCC(=O)N1CCN(C(=O)c2ccccc2)CC1. The van der Waals surface area contributed by atoms with Gasteiger partial charge in [-0.1, -0.05) is 39.0 Å². The summed E-state index contributed by atoms with van der Waals surface area (Å²) in [6.45, 7) is 8.81. The minimum atomic E-state index is 0.0526. The molecule has 2 rings (SSSR count). The monoisotopic (exact) mass is 320 g/mol. The molecule has 0 atom stereocenters. The minimum absolute atomic E-state index is 0.0526. The van der Waals surface area contributed by atoms with E-state index in [9.17, 15) is 9.59 Å². The van der Waals surface area contributed by atoms with Crippen molar-refractivity contribution in [2.24, 2.45) is 0 Å². The highest BCUT2D eigenvalue weighted by Gasteiger charge is 2.25. The van der Waals surface area contributed by atoms with Crippen molar-refractivity contribution in [3.05, 3.63) is 35.9 Å². The standard InChI is InChI=1S/C17H24N2O2S/c1-17(2,3)22-13-15(20)18-9-11-19(12-10-18)16(21)14-7-5-4-6-8-14/h4-8H,9-13H2,1-3H3. The van der Waals surface area contributed by atoms with Gasteiger partial charge in [-0.2, -0.15) is 0 Å². The number of amides is 2. The molecule has 1 fully saturated rings. The van der Waals surface area contributed by atoms with Crippen LogP contribution in [0.25, 0.3) is 0 Å². The summed E-state index contributed by atoms with van der Waals surface area (Å²) in [6, 6.07) is 9.31. The molecule has 0 bridgehead atoms. The van der Waals surface area contributed by atoms with Crippen LogP contribution in [0.3, 0.4) is 0 Å². The number of benzene rings is 1. The second-order valence-corrected chi connectivity index (χ2v) is 8.24. The van der Waals surface area contributed by atoms with E-state index in [0.717, 1.165) is 0 Å². The summed E-state index contributed by atoms with van der Waals surface area (Å²) in [4.78, 5) is 28.2. The number of hydrogen-bond donors (Lipinski definition) is 0. The summed E-state index contributed by atoms with van der Waals surface area (Å²) in [7, 11) is 0. The molecule has 1 heterocycles. The zero-order valence-electron chi connectivity index (χ0n) is 13.5. The van der Waals surface area contributed by atoms with Crippen LogP contribution in [0.2, 0.25) is 0 Å². The van der Waals surface area contributed by atoms with E-state index >= 15 is 0 Å². The molecule has 0 aromatic heterocycles. The molecule has 1 aromatic rings. The fourth-order valence-electron chi connectivity index (χ4n) is 2.29. The lowest BCUT2D eigenvalue weighted by Gasteiger charge is -2.35. The predicted molar refractivity (Wildman–Crippen MR) is 91.1 cm³/mol. The van der Waals surface area contributed by atoms with Gasteiger partial charge in [-0.05, 0) is 12.1 Å². The number of piperazine rings is 1. The highest BCUT2D eigenvalue weighted by Crippen LogP contribution is 2.23. The summed E-state index contributed by atoms with van der Waals surface area (Å²) in [5.41, 5.74) is 0.713. The highest BCUT2D eigenvalue weighted by molar-refractivity contribution is 8.01. The van der Waals surface area contributed by atoms with Gasteiger partial charge < -0.3 is 9.80 Å². The molecular formula is C17H24N2O2S. The van der Waals surface area contributed by atoms with E-state index in [1.54, 1.807) is 11.8 Å². The van der Waals surface area contributed by atoms with Crippen LogP contribution in [0, 0.1) is 0 Å². The number of rotatable bonds is 3. The van der Waals surface area contributed by atoms with Gasteiger partial charge in [0.05, 0.1) is 5.75 Å². The second kappa shape index (κ2) is 7.18. The molecule has 1 aliphatic heterocycles. The van der Waals surface area contributed by atoms with Crippen LogP contribution < -0.4 is 0 Å². The number of hydrogen-bond acceptors (Lipinski definition) is 3. The van der Waals surface area contributed by atoms with Crippen LogP contribution >= 0.6 is 11.8 Å². The fourth-order valence-corrected chi connectivity index (χ4v) is 3.03. The first kappa shape index (κ1) is 16.9. The number of thioether (sulfide) groups is 1. The summed E-state index contributed by atoms with van der Waals surface area (Å²) in [5, 5.41) is 0. The molecule has 0 unspecified atom stereocenters. The average Bonchev–Trinajstić information content (AvgIpc) is 2.52. The molecule has 0 N–H and O–H groups in total. The molecule has 22 heavy (non-hydrogen) atoms. The fraction of sp³-hybridized carbons (Fsp3) is 0.529. The maximum Gasteiger partial charge on any atom is 0.253 e. The molecular weight excluding hydrogens is 296 g/mol. The highest BCUT2D eigenvalue weighted by atomic mass is 32.2. The van der Waals surface area contributed by atoms with Crippen LogP contribution in [0.1, 0.15) is 31.1 Å². The molecule has 120 valence electrons. The topological polar surface area (TPSA) is 40.6 Å². The van der Waals surface area contributed by atoms with Crippen molar-refractivity contribution in [1.29, 1.82) is 0 Å². The lowest BCUT2D eigenvalue weighted by atomic mass is 10.2. The summed E-state index contributed by atoms with van der Waals surface area (Å²) < 4.78 is 0.0980. The maximum absolute atomic E-state index is 12.4. The van der Waals surface area contributed by atoms with Gasteiger partial charge in [0, 0.05) is 36.5 Å². The smallest absolute Gasteiger partial charge is 0.253 e. The molecule has 5 heteroatoms. The van der Waals surface area contributed by atoms with Gasteiger partial charge in [-0.15, -0.1) is 11.8 Å². The number of carbonyl (C=O) groups excluding carboxylic acids is 2. The quantitative estimate of drug-likeness (QED) is 0.859. The van der Waals surface area contributed by atoms with Crippen molar-refractivity contribution in [1.82, 2.24) is 9.80 Å². The van der Waals surface area contributed by atoms with Gasteiger partial charge in [-0.25, -0.2) is 0 Å². The molecule has 0 spiro atoms. The zero-order chi connectivity index (χ0) is 16.2. The Labute approximate surface area is 136 Å². The first-order valence-corrected chi connectivity index (χ1v) is 8.61. The summed E-state index contributed by atoms with van der Waals surface area (Å²) >= 11 is 1.67. The van der Waals surface area contributed by atoms with Crippen molar-refractivity contribution in [2.75, 3.05) is 31.9 Å². The molecule has 0 radical (unpaired) electrons. The van der Waals surface area contributed by atoms with Crippen LogP contribution in [-0.4, -0.2) is 58.3 Å². The second-order valence-electron chi connectivity index (χ2n) is 6.44. The van der Waals surface area contributed by atoms with E-state index in [-0.39, 0.29) is 16.6 Å². The van der Waals surface area contributed by atoms with E-state index in [1.807, 2.05) is 40.1 Å². The maximum atomic E-state index is 12.4. The molecule has 2 amide bonds. The molecule has 4 nitrogen and oxygen atoms in total. The average molecular weight is 320 g/mol. The molecule has 1 aliphatic rings. The first-order chi connectivity index (χ1) is 10.4. The zero-order valence-corrected chi connectivity index (χ0v) is 14.4. The van der Waals surface area contributed by atoms with Gasteiger partial charge >= 0.3 is 0 Å². The van der Waals surface area contributed by atoms with Gasteiger partial charge in [0.1, 0.15) is 0 Å². The molecule has 0 aliphatic carbocycles. The van der Waals surface area contributed by atoms with Crippen LogP contribution in [-0.2, 0) is 4.79 Å². The Bertz CT molecular complexity index is 517. The van der Waals surface area contributed by atoms with E-state index in [2.05, 4.69) is 20.8 Å². The van der Waals surface area contributed by atoms with E-state index in [4.69, 9.17) is 0 Å². The van der Waals surface area contributed by atoms with Crippen molar-refractivity contribution < 1.29 is 9.59 Å². The third-order valence-corrected chi connectivity index (χ3v) is 4.83. The van der Waals surface area contributed by atoms with Crippen molar-refractivity contribution in [3.8, 4) is 0 Å². The summed E-state index contributed by atoms with van der Waals surface area (Å²) in [5.74, 6) is 0.736. The molecule has 0 saturated carbocycles. The minimum Gasteiger partial charge on any atom is -0.338 e. The van der Waals surface area contributed by atoms with Crippen molar-refractivity contribution in [2.45, 2.75) is 25.5 Å². The number of carbonyl (C=O) groups is 2. The Morgan fingerprint density at radius 3 is 2.09 bits per heavy atom. The Balaban J connectivity index is 1.83. The number of nitrogens with zero attached hydrogens (tertiary/aromatic N) is 2. The van der Waals surface area contributed by atoms with Crippen LogP contribution in [0.4, 0.5) is 0 Å². The Morgan fingerprint density at radius 2 is 1.55 bits per heavy atom. The lowest BCUT2D eigenvalue weighted by molar-refractivity contribution is -0.129. The van der Waals surface area contributed by atoms with Gasteiger partial charge in [-0.3, -0.25) is 9.59 Å². The van der Waals surface area contributed by atoms with Gasteiger partial charge in [0.15, 0.2) is 0 Å². The van der Waals surface area contributed by atoms with Crippen molar-refractivity contribution >= 4 is 23.6 Å². The largest absolute Gasteiger partial charge is 0.338 e.